The van der Waals surface area contributed by atoms with Gasteiger partial charge in [0.15, 0.2) is 0 Å². The molecular weight excluding hydrogens is 329 g/mol. The number of aliphatic hydroxyl groups is 1. The summed E-state index contributed by atoms with van der Waals surface area (Å²) in [6.45, 7) is 3.90. The number of nitrogens with one attached hydrogen (secondary N) is 1. The number of nitrogens with zero attached hydrogens (tertiary/aromatic N) is 2. The number of pyridine rings is 1. The van der Waals surface area contributed by atoms with Crippen molar-refractivity contribution in [3.8, 4) is 0 Å². The van der Waals surface area contributed by atoms with Crippen LogP contribution in [0.2, 0.25) is 0 Å². The molecule has 0 aliphatic heterocycles. The first-order chi connectivity index (χ1) is 11.9. The Morgan fingerprint density at radius 1 is 1.36 bits per heavy atom. The Morgan fingerprint density at radius 2 is 2.08 bits per heavy atom. The Bertz CT molecular complexity index is 835. The Morgan fingerprint density at radius 3 is 2.68 bits per heavy atom. The molecule has 0 saturated carbocycles. The monoisotopic (exact) mass is 351 g/mol. The predicted octanol–water partition coefficient (Wildman–Crippen LogP) is 1.19. The van der Waals surface area contributed by atoms with Crippen molar-refractivity contribution in [2.45, 2.75) is 13.5 Å². The minimum absolute atomic E-state index is 0.0437. The molecule has 0 fully saturated rings. The van der Waals surface area contributed by atoms with E-state index in [1.807, 2.05) is 18.9 Å². The van der Waals surface area contributed by atoms with Gasteiger partial charge in [-0.05, 0) is 26.1 Å². The third-order valence-electron chi connectivity index (χ3n) is 4.03. The number of aromatic nitrogens is 1. The minimum Gasteiger partial charge on any atom is -0.477 e. The first-order valence-electron chi connectivity index (χ1n) is 8.02. The summed E-state index contributed by atoms with van der Waals surface area (Å²) >= 11 is 0. The lowest BCUT2D eigenvalue weighted by Crippen LogP contribution is -2.28. The van der Waals surface area contributed by atoms with Crippen LogP contribution in [-0.4, -0.2) is 58.9 Å². The summed E-state index contributed by atoms with van der Waals surface area (Å²) in [5.74, 6) is -1.94. The van der Waals surface area contributed by atoms with Gasteiger partial charge in [-0.2, -0.15) is 0 Å². The van der Waals surface area contributed by atoms with E-state index in [4.69, 9.17) is 10.2 Å². The van der Waals surface area contributed by atoms with Crippen molar-refractivity contribution in [3.05, 3.63) is 39.9 Å². The van der Waals surface area contributed by atoms with E-state index in [0.29, 0.717) is 31.7 Å². The Kier molecular flexibility index (Phi) is 6.11. The van der Waals surface area contributed by atoms with Gasteiger partial charge in [0, 0.05) is 37.8 Å². The summed E-state index contributed by atoms with van der Waals surface area (Å²) < 4.78 is 15.9. The van der Waals surface area contributed by atoms with Crippen LogP contribution in [0, 0.1) is 5.82 Å². The zero-order valence-corrected chi connectivity index (χ0v) is 14.3. The molecule has 2 rings (SSSR count). The van der Waals surface area contributed by atoms with Gasteiger partial charge in [-0.15, -0.1) is 0 Å². The number of carbonyl (C=O) groups is 1. The molecule has 0 bridgehead atoms. The lowest BCUT2D eigenvalue weighted by Gasteiger charge is -2.17. The summed E-state index contributed by atoms with van der Waals surface area (Å²) in [5.41, 5.74) is -0.347. The van der Waals surface area contributed by atoms with Crippen LogP contribution in [0.15, 0.2) is 23.1 Å². The highest BCUT2D eigenvalue weighted by molar-refractivity contribution is 5.93. The Labute approximate surface area is 144 Å². The molecular formula is C17H22FN3O4. The predicted molar refractivity (Wildman–Crippen MR) is 93.9 cm³/mol. The number of fused-ring (bicyclic) bond motifs is 1. The molecule has 0 spiro atoms. The van der Waals surface area contributed by atoms with Gasteiger partial charge in [0.2, 0.25) is 5.43 Å². The molecule has 0 aliphatic rings. The molecule has 2 aromatic rings. The number of rotatable bonds is 8. The number of aryl methyl sites for hydroxylation is 1. The van der Waals surface area contributed by atoms with Gasteiger partial charge in [-0.1, -0.05) is 0 Å². The van der Waals surface area contributed by atoms with Crippen LogP contribution >= 0.6 is 0 Å². The highest BCUT2D eigenvalue weighted by atomic mass is 19.1. The number of likely N-dealkylation sites (N-methyl/N-ethyl adjacent to an activating group) is 1. The summed E-state index contributed by atoms with van der Waals surface area (Å²) in [5, 5.41) is 21.0. The van der Waals surface area contributed by atoms with Crippen molar-refractivity contribution in [2.75, 3.05) is 38.6 Å². The van der Waals surface area contributed by atoms with Crippen LogP contribution in [0.1, 0.15) is 17.3 Å². The van der Waals surface area contributed by atoms with Gasteiger partial charge in [0.1, 0.15) is 11.4 Å². The quantitative estimate of drug-likeness (QED) is 0.661. The zero-order chi connectivity index (χ0) is 18.6. The largest absolute Gasteiger partial charge is 0.477 e. The van der Waals surface area contributed by atoms with Crippen LogP contribution in [0.25, 0.3) is 10.9 Å². The lowest BCUT2D eigenvalue weighted by molar-refractivity contribution is 0.0695. The summed E-state index contributed by atoms with van der Waals surface area (Å²) in [6, 6.07) is 2.60. The standard InChI is InChI=1S/C17H22FN3O4/c1-3-21-10-12(17(24)25)16(23)11-8-13(18)14(9-15(11)21)19-4-5-20(2)6-7-22/h8-10,19,22H,3-7H2,1-2H3,(H,24,25). The maximum Gasteiger partial charge on any atom is 0.341 e. The second kappa shape index (κ2) is 8.09. The zero-order valence-electron chi connectivity index (χ0n) is 14.3. The fourth-order valence-corrected chi connectivity index (χ4v) is 2.62. The highest BCUT2D eigenvalue weighted by Gasteiger charge is 2.16. The van der Waals surface area contributed by atoms with Crippen molar-refractivity contribution >= 4 is 22.6 Å². The van der Waals surface area contributed by atoms with E-state index in [2.05, 4.69) is 5.32 Å². The fraction of sp³-hybridized carbons (Fsp3) is 0.412. The number of benzene rings is 1. The van der Waals surface area contributed by atoms with E-state index in [-0.39, 0.29) is 23.2 Å². The average Bonchev–Trinajstić information content (AvgIpc) is 2.56. The molecule has 25 heavy (non-hydrogen) atoms. The van der Waals surface area contributed by atoms with Crippen LogP contribution in [0.3, 0.4) is 0 Å². The summed E-state index contributed by atoms with van der Waals surface area (Å²) in [4.78, 5) is 25.4. The number of carboxylic acids is 1. The van der Waals surface area contributed by atoms with Gasteiger partial charge in [0.25, 0.3) is 0 Å². The SMILES string of the molecule is CCn1cc(C(=O)O)c(=O)c2cc(F)c(NCCN(C)CCO)cc21. The maximum absolute atomic E-state index is 14.3. The van der Waals surface area contributed by atoms with Crippen molar-refractivity contribution in [1.82, 2.24) is 9.47 Å². The molecule has 3 N–H and O–H groups in total. The van der Waals surface area contributed by atoms with Gasteiger partial charge in [-0.3, -0.25) is 4.79 Å². The minimum atomic E-state index is -1.33. The van der Waals surface area contributed by atoms with Crippen molar-refractivity contribution in [3.63, 3.8) is 0 Å². The van der Waals surface area contributed by atoms with Gasteiger partial charge < -0.3 is 25.0 Å². The fourth-order valence-electron chi connectivity index (χ4n) is 2.62. The van der Waals surface area contributed by atoms with Gasteiger partial charge in [0.05, 0.1) is 17.8 Å². The maximum atomic E-state index is 14.3. The molecule has 0 unspecified atom stereocenters. The highest BCUT2D eigenvalue weighted by Crippen LogP contribution is 2.22. The van der Waals surface area contributed by atoms with E-state index in [9.17, 15) is 14.0 Å². The summed E-state index contributed by atoms with van der Waals surface area (Å²) in [6.07, 6.45) is 1.28. The van der Waals surface area contributed by atoms with Gasteiger partial charge >= 0.3 is 5.97 Å². The molecule has 0 aliphatic carbocycles. The third kappa shape index (κ3) is 4.15. The van der Waals surface area contributed by atoms with Crippen molar-refractivity contribution < 1.29 is 19.4 Å². The molecule has 0 amide bonds. The molecule has 0 saturated heterocycles. The molecule has 0 radical (unpaired) electrons. The van der Waals surface area contributed by atoms with Crippen LogP contribution in [-0.2, 0) is 6.54 Å². The number of anilines is 1. The number of hydrogen-bond acceptors (Lipinski definition) is 5. The van der Waals surface area contributed by atoms with Crippen LogP contribution in [0.4, 0.5) is 10.1 Å². The first-order valence-corrected chi connectivity index (χ1v) is 8.02. The molecule has 136 valence electrons. The van der Waals surface area contributed by atoms with Crippen molar-refractivity contribution in [2.24, 2.45) is 0 Å². The molecule has 8 heteroatoms. The van der Waals surface area contributed by atoms with E-state index in [1.54, 1.807) is 4.57 Å². The first kappa shape index (κ1) is 18.9. The molecule has 0 atom stereocenters. The van der Waals surface area contributed by atoms with Gasteiger partial charge in [-0.25, -0.2) is 9.18 Å². The number of carboxylic acid groups (broad SMARTS) is 1. The second-order valence-electron chi connectivity index (χ2n) is 5.77. The molecule has 7 nitrogen and oxygen atoms in total. The lowest BCUT2D eigenvalue weighted by atomic mass is 10.1. The molecule has 1 aromatic carbocycles. The summed E-state index contributed by atoms with van der Waals surface area (Å²) in [7, 11) is 1.84. The topological polar surface area (TPSA) is 94.8 Å². The van der Waals surface area contributed by atoms with Crippen LogP contribution < -0.4 is 10.7 Å². The average molecular weight is 351 g/mol. The smallest absolute Gasteiger partial charge is 0.341 e. The van der Waals surface area contributed by atoms with Crippen LogP contribution in [0.5, 0.6) is 0 Å². The third-order valence-corrected chi connectivity index (χ3v) is 4.03. The molecule has 1 aromatic heterocycles. The molecule has 1 heterocycles. The van der Waals surface area contributed by atoms with E-state index in [1.165, 1.54) is 12.3 Å². The normalized spacial score (nSPS) is 11.2. The number of aromatic carboxylic acids is 1. The van der Waals surface area contributed by atoms with E-state index in [0.717, 1.165) is 6.07 Å². The number of aliphatic hydroxyl groups excluding tert-OH is 1. The van der Waals surface area contributed by atoms with E-state index >= 15 is 0 Å². The van der Waals surface area contributed by atoms with Crippen molar-refractivity contribution in [1.29, 1.82) is 0 Å². The second-order valence-corrected chi connectivity index (χ2v) is 5.77. The Hall–Kier alpha value is -2.45. The Balaban J connectivity index is 2.39. The number of hydrogen-bond donors (Lipinski definition) is 3. The van der Waals surface area contributed by atoms with E-state index < -0.39 is 17.2 Å². The number of halogens is 1.